The zero-order valence-electron chi connectivity index (χ0n) is 11.5. The van der Waals surface area contributed by atoms with Crippen LogP contribution in [0.2, 0.25) is 10.0 Å². The van der Waals surface area contributed by atoms with Gasteiger partial charge in [-0.2, -0.15) is 0 Å². The van der Waals surface area contributed by atoms with Crippen LogP contribution < -0.4 is 15.8 Å². The van der Waals surface area contributed by atoms with Crippen molar-refractivity contribution >= 4 is 40.7 Å². The molecule has 0 unspecified atom stereocenters. The highest BCUT2D eigenvalue weighted by Crippen LogP contribution is 2.34. The third kappa shape index (κ3) is 3.50. The predicted octanol–water partition coefficient (Wildman–Crippen LogP) is 3.35. The first-order valence-corrected chi connectivity index (χ1v) is 6.92. The van der Waals surface area contributed by atoms with Crippen molar-refractivity contribution in [1.82, 2.24) is 0 Å². The highest BCUT2D eigenvalue weighted by Gasteiger charge is 2.14. The topological polar surface area (TPSA) is 81.4 Å². The van der Waals surface area contributed by atoms with Gasteiger partial charge in [0.15, 0.2) is 5.75 Å². The molecule has 0 saturated heterocycles. The largest absolute Gasteiger partial charge is 0.494 e. The van der Waals surface area contributed by atoms with Gasteiger partial charge in [0.05, 0.1) is 17.2 Å². The Hall–Kier alpha value is -2.24. The van der Waals surface area contributed by atoms with Gasteiger partial charge in [-0.3, -0.25) is 9.59 Å². The van der Waals surface area contributed by atoms with Crippen LogP contribution in [0.3, 0.4) is 0 Å². The summed E-state index contributed by atoms with van der Waals surface area (Å²) >= 11 is 12.0. The van der Waals surface area contributed by atoms with Gasteiger partial charge in [-0.05, 0) is 30.3 Å². The summed E-state index contributed by atoms with van der Waals surface area (Å²) in [7, 11) is 1.43. The number of hydrogen-bond acceptors (Lipinski definition) is 3. The first kappa shape index (κ1) is 16.1. The van der Waals surface area contributed by atoms with Crippen molar-refractivity contribution < 1.29 is 14.3 Å². The van der Waals surface area contributed by atoms with Crippen molar-refractivity contribution in [2.75, 3.05) is 12.4 Å². The highest BCUT2D eigenvalue weighted by atomic mass is 35.5. The Morgan fingerprint density at radius 3 is 2.27 bits per heavy atom. The summed E-state index contributed by atoms with van der Waals surface area (Å²) in [5.41, 5.74) is 6.19. The van der Waals surface area contributed by atoms with Crippen LogP contribution >= 0.6 is 23.2 Å². The van der Waals surface area contributed by atoms with Crippen molar-refractivity contribution in [1.29, 1.82) is 0 Å². The average molecular weight is 339 g/mol. The summed E-state index contributed by atoms with van der Waals surface area (Å²) in [4.78, 5) is 23.3. The van der Waals surface area contributed by atoms with Gasteiger partial charge in [0.2, 0.25) is 5.91 Å². The SMILES string of the molecule is COc1c(Cl)cc(C(=O)Nc2cccc(C(N)=O)c2)cc1Cl. The van der Waals surface area contributed by atoms with E-state index in [1.165, 1.54) is 25.3 Å². The van der Waals surface area contributed by atoms with Crippen LogP contribution in [-0.4, -0.2) is 18.9 Å². The van der Waals surface area contributed by atoms with Crippen molar-refractivity contribution in [2.24, 2.45) is 5.73 Å². The van der Waals surface area contributed by atoms with Gasteiger partial charge in [0.25, 0.3) is 5.91 Å². The van der Waals surface area contributed by atoms with Gasteiger partial charge < -0.3 is 15.8 Å². The van der Waals surface area contributed by atoms with Crippen LogP contribution in [-0.2, 0) is 0 Å². The van der Waals surface area contributed by atoms with Gasteiger partial charge >= 0.3 is 0 Å². The number of nitrogens with one attached hydrogen (secondary N) is 1. The van der Waals surface area contributed by atoms with Gasteiger partial charge in [-0.1, -0.05) is 29.3 Å². The van der Waals surface area contributed by atoms with E-state index < -0.39 is 11.8 Å². The van der Waals surface area contributed by atoms with Gasteiger partial charge in [0, 0.05) is 16.8 Å². The molecule has 2 aromatic carbocycles. The lowest BCUT2D eigenvalue weighted by Gasteiger charge is -2.10. The number of rotatable bonds is 4. The number of hydrogen-bond donors (Lipinski definition) is 2. The van der Waals surface area contributed by atoms with Crippen LogP contribution in [0.1, 0.15) is 20.7 Å². The monoisotopic (exact) mass is 338 g/mol. The highest BCUT2D eigenvalue weighted by molar-refractivity contribution is 6.37. The number of primary amides is 1. The molecular formula is C15H12Cl2N2O3. The zero-order valence-corrected chi connectivity index (χ0v) is 13.0. The average Bonchev–Trinajstić information content (AvgIpc) is 2.47. The Balaban J connectivity index is 2.26. The lowest BCUT2D eigenvalue weighted by Crippen LogP contribution is -2.14. The Labute approximate surface area is 137 Å². The fourth-order valence-electron chi connectivity index (χ4n) is 1.84. The lowest BCUT2D eigenvalue weighted by atomic mass is 10.1. The number of methoxy groups -OCH3 is 1. The second-order valence-electron chi connectivity index (χ2n) is 4.37. The zero-order chi connectivity index (χ0) is 16.3. The van der Waals surface area contributed by atoms with Crippen molar-refractivity contribution in [3.8, 4) is 5.75 Å². The first-order chi connectivity index (χ1) is 10.4. The minimum atomic E-state index is -0.577. The van der Waals surface area contributed by atoms with E-state index in [9.17, 15) is 9.59 Å². The summed E-state index contributed by atoms with van der Waals surface area (Å²) in [6, 6.07) is 9.17. The van der Waals surface area contributed by atoms with E-state index in [4.69, 9.17) is 33.7 Å². The number of ether oxygens (including phenoxy) is 1. The molecule has 22 heavy (non-hydrogen) atoms. The van der Waals surface area contributed by atoms with Crippen LogP contribution in [0.25, 0.3) is 0 Å². The summed E-state index contributed by atoms with van der Waals surface area (Å²) in [6.07, 6.45) is 0. The fourth-order valence-corrected chi connectivity index (χ4v) is 2.48. The third-order valence-corrected chi connectivity index (χ3v) is 3.43. The molecule has 2 aromatic rings. The Morgan fingerprint density at radius 1 is 1.09 bits per heavy atom. The molecular weight excluding hydrogens is 327 g/mol. The van der Waals surface area contributed by atoms with E-state index in [1.54, 1.807) is 18.2 Å². The number of carbonyl (C=O) groups is 2. The summed E-state index contributed by atoms with van der Waals surface area (Å²) in [6.45, 7) is 0. The van der Waals surface area contributed by atoms with Crippen LogP contribution in [0.4, 0.5) is 5.69 Å². The Morgan fingerprint density at radius 2 is 1.73 bits per heavy atom. The molecule has 0 aliphatic carbocycles. The van der Waals surface area contributed by atoms with Gasteiger partial charge in [-0.15, -0.1) is 0 Å². The molecule has 0 aromatic heterocycles. The number of amides is 2. The van der Waals surface area contributed by atoms with E-state index >= 15 is 0 Å². The van der Waals surface area contributed by atoms with Gasteiger partial charge in [0.1, 0.15) is 0 Å². The molecule has 2 rings (SSSR count). The van der Waals surface area contributed by atoms with Crippen molar-refractivity contribution in [2.45, 2.75) is 0 Å². The Bertz CT molecular complexity index is 724. The molecule has 0 spiro atoms. The van der Waals surface area contributed by atoms with E-state index in [1.807, 2.05) is 0 Å². The van der Waals surface area contributed by atoms with Crippen molar-refractivity contribution in [3.05, 3.63) is 57.6 Å². The maximum atomic E-state index is 12.2. The number of anilines is 1. The molecule has 3 N–H and O–H groups in total. The molecule has 0 aliphatic rings. The van der Waals surface area contributed by atoms with Crippen molar-refractivity contribution in [3.63, 3.8) is 0 Å². The molecule has 0 aliphatic heterocycles. The number of nitrogens with two attached hydrogens (primary N) is 1. The number of halogens is 2. The minimum Gasteiger partial charge on any atom is -0.494 e. The van der Waals surface area contributed by atoms with E-state index in [2.05, 4.69) is 5.32 Å². The fraction of sp³-hybridized carbons (Fsp3) is 0.0667. The van der Waals surface area contributed by atoms with E-state index in [0.29, 0.717) is 17.0 Å². The molecule has 0 atom stereocenters. The second-order valence-corrected chi connectivity index (χ2v) is 5.19. The summed E-state index contributed by atoms with van der Waals surface area (Å²) < 4.78 is 5.02. The normalized spacial score (nSPS) is 10.1. The minimum absolute atomic E-state index is 0.228. The molecule has 0 radical (unpaired) electrons. The predicted molar refractivity (Wildman–Crippen MR) is 85.9 cm³/mol. The molecule has 0 fully saturated rings. The van der Waals surface area contributed by atoms with Crippen LogP contribution in [0.15, 0.2) is 36.4 Å². The maximum absolute atomic E-state index is 12.2. The Kier molecular flexibility index (Phi) is 4.90. The molecule has 5 nitrogen and oxygen atoms in total. The lowest BCUT2D eigenvalue weighted by molar-refractivity contribution is 0.0996. The molecule has 0 heterocycles. The summed E-state index contributed by atoms with van der Waals surface area (Å²) in [5.74, 6) is -0.699. The molecule has 2 amide bonds. The molecule has 0 bridgehead atoms. The van der Waals surface area contributed by atoms with E-state index in [-0.39, 0.29) is 15.6 Å². The second kappa shape index (κ2) is 6.68. The van der Waals surface area contributed by atoms with Crippen LogP contribution in [0, 0.1) is 0 Å². The smallest absolute Gasteiger partial charge is 0.255 e. The quantitative estimate of drug-likeness (QED) is 0.896. The van der Waals surface area contributed by atoms with E-state index in [0.717, 1.165) is 0 Å². The third-order valence-electron chi connectivity index (χ3n) is 2.87. The molecule has 114 valence electrons. The number of benzene rings is 2. The van der Waals surface area contributed by atoms with Crippen LogP contribution in [0.5, 0.6) is 5.75 Å². The standard InChI is InChI=1S/C15H12Cl2N2O3/c1-22-13-11(16)6-9(7-12(13)17)15(21)19-10-4-2-3-8(5-10)14(18)20/h2-7H,1H3,(H2,18,20)(H,19,21). The maximum Gasteiger partial charge on any atom is 0.255 e. The molecule has 7 heteroatoms. The van der Waals surface area contributed by atoms with Gasteiger partial charge in [-0.25, -0.2) is 0 Å². The summed E-state index contributed by atoms with van der Waals surface area (Å²) in [5, 5.41) is 3.10. The number of carbonyl (C=O) groups excluding carboxylic acids is 2. The first-order valence-electron chi connectivity index (χ1n) is 6.16. The molecule has 0 saturated carbocycles.